The molecule has 0 saturated heterocycles. The number of carbonyl (C=O) groups excluding carboxylic acids is 2. The minimum Gasteiger partial charge on any atom is -0.360 e. The zero-order valence-corrected chi connectivity index (χ0v) is 10.4. The van der Waals surface area contributed by atoms with Crippen molar-refractivity contribution >= 4 is 22.6 Å². The van der Waals surface area contributed by atoms with Crippen LogP contribution >= 0.6 is 0 Å². The molecule has 0 aliphatic carbocycles. The molecule has 2 N–H and O–H groups in total. The summed E-state index contributed by atoms with van der Waals surface area (Å²) in [6.45, 7) is 1.22. The van der Waals surface area contributed by atoms with Gasteiger partial charge in [0.15, 0.2) is 5.78 Å². The Balaban J connectivity index is 2.21. The smallest absolute Gasteiger partial charge is 0.360 e. The Kier molecular flexibility index (Phi) is 3.52. The Morgan fingerprint density at radius 3 is 2.55 bits per heavy atom. The van der Waals surface area contributed by atoms with Crippen molar-refractivity contribution in [2.45, 2.75) is 19.1 Å². The number of carbonyl (C=O) groups is 2. The fraction of sp³-hybridized carbons (Fsp3) is 0.231. The number of ketones is 1. The van der Waals surface area contributed by atoms with Crippen molar-refractivity contribution in [1.29, 1.82) is 0 Å². The van der Waals surface area contributed by atoms with Crippen molar-refractivity contribution in [3.05, 3.63) is 36.0 Å². The van der Waals surface area contributed by atoms with Crippen LogP contribution in [0.3, 0.4) is 0 Å². The van der Waals surface area contributed by atoms with Gasteiger partial charge >= 0.3 is 12.1 Å². The Hall–Kier alpha value is -2.31. The molecule has 2 aromatic rings. The molecular weight excluding hydrogens is 273 g/mol. The molecular formula is C13H11F3N2O2. The number of rotatable bonds is 3. The van der Waals surface area contributed by atoms with E-state index in [2.05, 4.69) is 4.98 Å². The Morgan fingerprint density at radius 2 is 1.90 bits per heavy atom. The normalized spacial score (nSPS) is 13.2. The second-order valence-corrected chi connectivity index (χ2v) is 4.31. The summed E-state index contributed by atoms with van der Waals surface area (Å²) >= 11 is 0. The zero-order valence-electron chi connectivity index (χ0n) is 10.4. The maximum absolute atomic E-state index is 12.1. The molecule has 0 fully saturated rings. The third-order valence-corrected chi connectivity index (χ3v) is 2.85. The number of fused-ring (bicyclic) bond motifs is 1. The van der Waals surface area contributed by atoms with Crippen molar-refractivity contribution in [2.75, 3.05) is 0 Å². The summed E-state index contributed by atoms with van der Waals surface area (Å²) in [6.07, 6.45) is -3.59. The van der Waals surface area contributed by atoms with Crippen LogP contribution in [0.15, 0.2) is 30.5 Å². The first-order valence-electron chi connectivity index (χ1n) is 5.78. The summed E-state index contributed by atoms with van der Waals surface area (Å²) in [5, 5.41) is 2.25. The van der Waals surface area contributed by atoms with E-state index in [-0.39, 0.29) is 5.56 Å². The monoisotopic (exact) mass is 284 g/mol. The minimum atomic E-state index is -5.01. The van der Waals surface area contributed by atoms with E-state index in [1.807, 2.05) is 0 Å². The lowest BCUT2D eigenvalue weighted by atomic mass is 10.0. The van der Waals surface area contributed by atoms with Crippen molar-refractivity contribution in [3.63, 3.8) is 0 Å². The lowest BCUT2D eigenvalue weighted by Crippen LogP contribution is -2.45. The van der Waals surface area contributed by atoms with Crippen LogP contribution in [0.4, 0.5) is 13.2 Å². The quantitative estimate of drug-likeness (QED) is 0.850. The molecule has 4 nitrogen and oxygen atoms in total. The number of H-pyrrole nitrogens is 1. The minimum absolute atomic E-state index is 0.246. The highest BCUT2D eigenvalue weighted by molar-refractivity contribution is 6.11. The Morgan fingerprint density at radius 1 is 1.25 bits per heavy atom. The first-order chi connectivity index (χ1) is 9.30. The molecule has 2 rings (SSSR count). The second kappa shape index (κ2) is 4.99. The third-order valence-electron chi connectivity index (χ3n) is 2.85. The van der Waals surface area contributed by atoms with E-state index >= 15 is 0 Å². The SMILES string of the molecule is C[C@H](NC(=O)C(F)(F)F)C(=O)c1c[nH]c2ccccc12. The molecule has 0 aliphatic rings. The lowest BCUT2D eigenvalue weighted by molar-refractivity contribution is -0.173. The molecule has 1 atom stereocenters. The maximum Gasteiger partial charge on any atom is 0.471 e. The summed E-state index contributed by atoms with van der Waals surface area (Å²) in [5.74, 6) is -2.71. The molecule has 0 spiro atoms. The molecule has 7 heteroatoms. The van der Waals surface area contributed by atoms with E-state index in [1.165, 1.54) is 13.1 Å². The van der Waals surface area contributed by atoms with Gasteiger partial charge in [0.2, 0.25) is 0 Å². The third kappa shape index (κ3) is 2.66. The van der Waals surface area contributed by atoms with Gasteiger partial charge in [0.25, 0.3) is 0 Å². The summed E-state index contributed by atoms with van der Waals surface area (Å²) in [6, 6.07) is 5.64. The van der Waals surface area contributed by atoms with Gasteiger partial charge < -0.3 is 10.3 Å². The number of hydrogen-bond acceptors (Lipinski definition) is 2. The van der Waals surface area contributed by atoms with Gasteiger partial charge in [-0.1, -0.05) is 18.2 Å². The number of halogens is 3. The van der Waals surface area contributed by atoms with Gasteiger partial charge in [-0.2, -0.15) is 13.2 Å². The van der Waals surface area contributed by atoms with Gasteiger partial charge in [0.1, 0.15) is 0 Å². The van der Waals surface area contributed by atoms with Crippen LogP contribution in [-0.4, -0.2) is 28.9 Å². The van der Waals surface area contributed by atoms with E-state index in [1.54, 1.807) is 29.6 Å². The summed E-state index contributed by atoms with van der Waals surface area (Å²) in [7, 11) is 0. The maximum atomic E-state index is 12.1. The van der Waals surface area contributed by atoms with Gasteiger partial charge in [0, 0.05) is 22.7 Å². The van der Waals surface area contributed by atoms with E-state index in [0.717, 1.165) is 0 Å². The van der Waals surface area contributed by atoms with Crippen molar-refractivity contribution in [3.8, 4) is 0 Å². The summed E-state index contributed by atoms with van der Waals surface area (Å²) in [4.78, 5) is 25.7. The highest BCUT2D eigenvalue weighted by Gasteiger charge is 2.40. The summed E-state index contributed by atoms with van der Waals surface area (Å²) < 4.78 is 36.4. The first-order valence-corrected chi connectivity index (χ1v) is 5.78. The molecule has 106 valence electrons. The van der Waals surface area contributed by atoms with Crippen molar-refractivity contribution < 1.29 is 22.8 Å². The molecule has 0 bridgehead atoms. The van der Waals surface area contributed by atoms with Crippen LogP contribution in [0.1, 0.15) is 17.3 Å². The van der Waals surface area contributed by atoms with Gasteiger partial charge in [-0.15, -0.1) is 0 Å². The highest BCUT2D eigenvalue weighted by Crippen LogP contribution is 2.20. The van der Waals surface area contributed by atoms with Crippen LogP contribution < -0.4 is 5.32 Å². The highest BCUT2D eigenvalue weighted by atomic mass is 19.4. The van der Waals surface area contributed by atoms with E-state index in [9.17, 15) is 22.8 Å². The van der Waals surface area contributed by atoms with Crippen LogP contribution in [-0.2, 0) is 4.79 Å². The van der Waals surface area contributed by atoms with Gasteiger partial charge in [-0.25, -0.2) is 0 Å². The number of Topliss-reactive ketones (excluding diaryl/α,β-unsaturated/α-hetero) is 1. The van der Waals surface area contributed by atoms with Crippen molar-refractivity contribution in [2.24, 2.45) is 0 Å². The molecule has 0 saturated carbocycles. The summed E-state index contributed by atoms with van der Waals surface area (Å²) in [5.41, 5.74) is 0.945. The van der Waals surface area contributed by atoms with Gasteiger partial charge in [0.05, 0.1) is 6.04 Å². The standard InChI is InChI=1S/C13H11F3N2O2/c1-7(18-12(20)13(14,15)16)11(19)9-6-17-10-5-3-2-4-8(9)10/h2-7,17H,1H3,(H,18,20)/t7-/m0/s1. The van der Waals surface area contributed by atoms with Crippen LogP contribution in [0.5, 0.6) is 0 Å². The van der Waals surface area contributed by atoms with Crippen molar-refractivity contribution in [1.82, 2.24) is 10.3 Å². The molecule has 1 aromatic carbocycles. The van der Waals surface area contributed by atoms with Crippen LogP contribution in [0, 0.1) is 0 Å². The van der Waals surface area contributed by atoms with E-state index in [0.29, 0.717) is 10.9 Å². The first kappa shape index (κ1) is 14.1. The average molecular weight is 284 g/mol. The largest absolute Gasteiger partial charge is 0.471 e. The topological polar surface area (TPSA) is 62.0 Å². The fourth-order valence-corrected chi connectivity index (χ4v) is 1.85. The number of aromatic nitrogens is 1. The molecule has 0 unspecified atom stereocenters. The lowest BCUT2D eigenvalue weighted by Gasteiger charge is -2.13. The Labute approximate surface area is 112 Å². The molecule has 0 aliphatic heterocycles. The zero-order chi connectivity index (χ0) is 14.9. The number of hydrogen-bond donors (Lipinski definition) is 2. The fourth-order valence-electron chi connectivity index (χ4n) is 1.85. The molecule has 1 heterocycles. The number of aromatic amines is 1. The number of para-hydroxylation sites is 1. The number of nitrogens with one attached hydrogen (secondary N) is 2. The average Bonchev–Trinajstić information content (AvgIpc) is 2.80. The number of alkyl halides is 3. The van der Waals surface area contributed by atoms with Gasteiger partial charge in [-0.3, -0.25) is 9.59 Å². The molecule has 1 aromatic heterocycles. The van der Waals surface area contributed by atoms with Gasteiger partial charge in [-0.05, 0) is 13.0 Å². The van der Waals surface area contributed by atoms with E-state index < -0.39 is 23.9 Å². The molecule has 20 heavy (non-hydrogen) atoms. The molecule has 1 amide bonds. The number of benzene rings is 1. The predicted molar refractivity (Wildman–Crippen MR) is 66.3 cm³/mol. The van der Waals surface area contributed by atoms with Crippen LogP contribution in [0.25, 0.3) is 10.9 Å². The van der Waals surface area contributed by atoms with E-state index in [4.69, 9.17) is 0 Å². The Bertz CT molecular complexity index is 661. The van der Waals surface area contributed by atoms with Crippen LogP contribution in [0.2, 0.25) is 0 Å². The molecule has 0 radical (unpaired) electrons. The second-order valence-electron chi connectivity index (χ2n) is 4.31. The number of amides is 1. The predicted octanol–water partition coefficient (Wildman–Crippen LogP) is 2.42.